The van der Waals surface area contributed by atoms with Crippen molar-refractivity contribution in [2.75, 3.05) is 7.05 Å². The van der Waals surface area contributed by atoms with Crippen LogP contribution in [0, 0.1) is 6.92 Å². The summed E-state index contributed by atoms with van der Waals surface area (Å²) >= 11 is 0. The zero-order valence-electron chi connectivity index (χ0n) is 17.5. The molecule has 2 aliphatic heterocycles. The van der Waals surface area contributed by atoms with E-state index >= 15 is 0 Å². The molecule has 2 saturated heterocycles. The van der Waals surface area contributed by atoms with Crippen LogP contribution >= 0.6 is 0 Å². The summed E-state index contributed by atoms with van der Waals surface area (Å²) in [5.41, 5.74) is 5.16. The second kappa shape index (κ2) is 7.03. The van der Waals surface area contributed by atoms with Gasteiger partial charge in [0.1, 0.15) is 0 Å². The summed E-state index contributed by atoms with van der Waals surface area (Å²) in [6.45, 7) is 2.09. The largest absolute Gasteiger partial charge is 0.349 e. The molecule has 3 aromatic rings. The molecule has 1 N–H and O–H groups in total. The molecule has 2 aromatic carbocycles. The van der Waals surface area contributed by atoms with Gasteiger partial charge in [0.05, 0.1) is 11.3 Å². The van der Waals surface area contributed by atoms with Crippen LogP contribution in [0.15, 0.2) is 48.5 Å². The first-order chi connectivity index (χ1) is 14.0. The van der Waals surface area contributed by atoms with Crippen LogP contribution in [-0.2, 0) is 7.05 Å². The van der Waals surface area contributed by atoms with Crippen molar-refractivity contribution < 1.29 is 4.79 Å². The lowest BCUT2D eigenvalue weighted by atomic mass is 9.97. The zero-order valence-corrected chi connectivity index (χ0v) is 17.5. The van der Waals surface area contributed by atoms with Gasteiger partial charge in [-0.05, 0) is 57.4 Å². The molecule has 0 aliphatic carbocycles. The number of nitrogens with one attached hydrogen (secondary N) is 1. The molecule has 3 heterocycles. The fourth-order valence-electron chi connectivity index (χ4n) is 5.51. The minimum atomic E-state index is 0.0639. The standard InChI is InChI=1S/C25H29N3O/c1-16-9-12-22-21(13-16)23(24(28(22)3)17-7-5-4-6-8-17)25(29)26-18-14-19-10-11-20(15-18)27(19)2/h4-9,12-13,18-20H,10-11,14-15H2,1-3H3,(H,26,29). The molecule has 2 atom stereocenters. The molecule has 1 aromatic heterocycles. The molecular formula is C25H29N3O. The number of hydrogen-bond donors (Lipinski definition) is 1. The summed E-state index contributed by atoms with van der Waals surface area (Å²) in [5, 5.41) is 4.45. The molecule has 2 unspecified atom stereocenters. The van der Waals surface area contributed by atoms with Gasteiger partial charge in [-0.25, -0.2) is 0 Å². The highest BCUT2D eigenvalue weighted by atomic mass is 16.1. The van der Waals surface area contributed by atoms with Crippen molar-refractivity contribution >= 4 is 16.8 Å². The molecular weight excluding hydrogens is 358 g/mol. The van der Waals surface area contributed by atoms with E-state index < -0.39 is 0 Å². The average Bonchev–Trinajstić information content (AvgIpc) is 3.09. The Hall–Kier alpha value is -2.59. The molecule has 0 saturated carbocycles. The highest BCUT2D eigenvalue weighted by Crippen LogP contribution is 2.36. The van der Waals surface area contributed by atoms with Crippen molar-refractivity contribution in [3.05, 3.63) is 59.7 Å². The first-order valence-corrected chi connectivity index (χ1v) is 10.7. The number of nitrogens with zero attached hydrogens (tertiary/aromatic N) is 2. The normalized spacial score (nSPS) is 24.2. The SMILES string of the molecule is Cc1ccc2c(c1)c(C(=O)NC1CC3CCC(C1)N3C)c(-c1ccccc1)n2C. The topological polar surface area (TPSA) is 37.3 Å². The van der Waals surface area contributed by atoms with Crippen molar-refractivity contribution in [2.45, 2.75) is 50.7 Å². The predicted molar refractivity (Wildman–Crippen MR) is 118 cm³/mol. The minimum absolute atomic E-state index is 0.0639. The van der Waals surface area contributed by atoms with Gasteiger partial charge in [0.2, 0.25) is 0 Å². The Morgan fingerprint density at radius 3 is 2.38 bits per heavy atom. The van der Waals surface area contributed by atoms with E-state index in [2.05, 4.69) is 66.1 Å². The van der Waals surface area contributed by atoms with Crippen LogP contribution in [0.4, 0.5) is 0 Å². The highest BCUT2D eigenvalue weighted by Gasteiger charge is 2.39. The van der Waals surface area contributed by atoms with Crippen molar-refractivity contribution in [3.8, 4) is 11.3 Å². The molecule has 1 amide bonds. The molecule has 4 heteroatoms. The number of hydrogen-bond acceptors (Lipinski definition) is 2. The van der Waals surface area contributed by atoms with Crippen molar-refractivity contribution in [3.63, 3.8) is 0 Å². The van der Waals surface area contributed by atoms with Crippen molar-refractivity contribution in [2.24, 2.45) is 7.05 Å². The quantitative estimate of drug-likeness (QED) is 0.718. The van der Waals surface area contributed by atoms with Crippen LogP contribution in [0.2, 0.25) is 0 Å². The third-order valence-electron chi connectivity index (χ3n) is 7.06. The molecule has 0 spiro atoms. The first kappa shape index (κ1) is 18.4. The lowest BCUT2D eigenvalue weighted by Gasteiger charge is -2.36. The van der Waals surface area contributed by atoms with E-state index in [-0.39, 0.29) is 11.9 Å². The van der Waals surface area contributed by atoms with E-state index in [0.717, 1.165) is 40.6 Å². The summed E-state index contributed by atoms with van der Waals surface area (Å²) in [7, 11) is 4.30. The average molecular weight is 388 g/mol. The second-order valence-electron chi connectivity index (χ2n) is 8.86. The number of aryl methyl sites for hydroxylation is 2. The highest BCUT2D eigenvalue weighted by molar-refractivity contribution is 6.13. The lowest BCUT2D eigenvalue weighted by molar-refractivity contribution is 0.0884. The summed E-state index contributed by atoms with van der Waals surface area (Å²) in [6.07, 6.45) is 4.64. The zero-order chi connectivity index (χ0) is 20.1. The van der Waals surface area contributed by atoms with Crippen LogP contribution in [0.5, 0.6) is 0 Å². The maximum absolute atomic E-state index is 13.6. The van der Waals surface area contributed by atoms with Crippen LogP contribution < -0.4 is 5.32 Å². The summed E-state index contributed by atoms with van der Waals surface area (Å²) in [4.78, 5) is 16.1. The molecule has 0 radical (unpaired) electrons. The Morgan fingerprint density at radius 1 is 1.00 bits per heavy atom. The van der Waals surface area contributed by atoms with Crippen LogP contribution in [0.25, 0.3) is 22.2 Å². The Morgan fingerprint density at radius 2 is 1.69 bits per heavy atom. The molecule has 2 bridgehead atoms. The van der Waals surface area contributed by atoms with E-state index in [9.17, 15) is 4.79 Å². The van der Waals surface area contributed by atoms with Gasteiger partial charge in [-0.1, -0.05) is 42.0 Å². The number of benzene rings is 2. The van der Waals surface area contributed by atoms with Crippen LogP contribution in [-0.4, -0.2) is 40.5 Å². The van der Waals surface area contributed by atoms with E-state index in [1.54, 1.807) is 0 Å². The maximum atomic E-state index is 13.6. The van der Waals surface area contributed by atoms with Gasteiger partial charge in [0.25, 0.3) is 5.91 Å². The number of carbonyl (C=O) groups is 1. The maximum Gasteiger partial charge on any atom is 0.254 e. The predicted octanol–water partition coefficient (Wildman–Crippen LogP) is 4.51. The number of amides is 1. The Labute approximate surface area is 172 Å². The third kappa shape index (κ3) is 3.06. The van der Waals surface area contributed by atoms with Crippen molar-refractivity contribution in [1.82, 2.24) is 14.8 Å². The summed E-state index contributed by atoms with van der Waals surface area (Å²) < 4.78 is 2.16. The fourth-order valence-corrected chi connectivity index (χ4v) is 5.51. The van der Waals surface area contributed by atoms with Gasteiger partial charge >= 0.3 is 0 Å². The smallest absolute Gasteiger partial charge is 0.254 e. The van der Waals surface area contributed by atoms with E-state index in [1.807, 2.05) is 18.2 Å². The second-order valence-corrected chi connectivity index (χ2v) is 8.86. The first-order valence-electron chi connectivity index (χ1n) is 10.7. The Kier molecular flexibility index (Phi) is 4.47. The molecule has 4 nitrogen and oxygen atoms in total. The van der Waals surface area contributed by atoms with Crippen LogP contribution in [0.1, 0.15) is 41.6 Å². The van der Waals surface area contributed by atoms with Gasteiger partial charge in [-0.2, -0.15) is 0 Å². The lowest BCUT2D eigenvalue weighted by Crippen LogP contribution is -2.48. The summed E-state index contributed by atoms with van der Waals surface area (Å²) in [6, 6.07) is 18.2. The monoisotopic (exact) mass is 387 g/mol. The summed E-state index contributed by atoms with van der Waals surface area (Å²) in [5.74, 6) is 0.0639. The van der Waals surface area contributed by atoms with Crippen LogP contribution in [0.3, 0.4) is 0 Å². The van der Waals surface area contributed by atoms with Gasteiger partial charge in [0.15, 0.2) is 0 Å². The van der Waals surface area contributed by atoms with Crippen molar-refractivity contribution in [1.29, 1.82) is 0 Å². The number of piperidine rings is 1. The van der Waals surface area contributed by atoms with E-state index in [4.69, 9.17) is 0 Å². The number of aromatic nitrogens is 1. The third-order valence-corrected chi connectivity index (χ3v) is 7.06. The molecule has 29 heavy (non-hydrogen) atoms. The number of carbonyl (C=O) groups excluding carboxylic acids is 1. The van der Waals surface area contributed by atoms with Gasteiger partial charge in [-0.3, -0.25) is 4.79 Å². The molecule has 5 rings (SSSR count). The fraction of sp³-hybridized carbons (Fsp3) is 0.400. The Bertz CT molecular complexity index is 1050. The molecule has 2 aliphatic rings. The molecule has 2 fully saturated rings. The van der Waals surface area contributed by atoms with Gasteiger partial charge < -0.3 is 14.8 Å². The Balaban J connectivity index is 1.56. The number of fused-ring (bicyclic) bond motifs is 3. The molecule has 150 valence electrons. The van der Waals surface area contributed by atoms with Gasteiger partial charge in [-0.15, -0.1) is 0 Å². The number of rotatable bonds is 3. The van der Waals surface area contributed by atoms with Gasteiger partial charge in [0, 0.05) is 36.1 Å². The minimum Gasteiger partial charge on any atom is -0.349 e. The van der Waals surface area contributed by atoms with E-state index in [1.165, 1.54) is 18.4 Å². The van der Waals surface area contributed by atoms with E-state index in [0.29, 0.717) is 12.1 Å².